The van der Waals surface area contributed by atoms with Crippen LogP contribution in [0, 0.1) is 0 Å². The molecule has 4 heteroatoms. The van der Waals surface area contributed by atoms with Gasteiger partial charge in [0.2, 0.25) is 0 Å². The summed E-state index contributed by atoms with van der Waals surface area (Å²) in [7, 11) is 0. The lowest BCUT2D eigenvalue weighted by atomic mass is 10.0. The molecule has 1 aliphatic heterocycles. The van der Waals surface area contributed by atoms with E-state index in [1.165, 1.54) is 50.8 Å². The largest absolute Gasteiger partial charge is 0.313 e. The van der Waals surface area contributed by atoms with Gasteiger partial charge in [0.25, 0.3) is 0 Å². The average molecular weight is 220 g/mol. The van der Waals surface area contributed by atoms with Crippen molar-refractivity contribution in [3.63, 3.8) is 0 Å². The smallest absolute Gasteiger partial charge is 0.150 e. The zero-order valence-corrected chi connectivity index (χ0v) is 9.73. The quantitative estimate of drug-likeness (QED) is 0.831. The van der Waals surface area contributed by atoms with Gasteiger partial charge in [-0.15, -0.1) is 10.2 Å². The van der Waals surface area contributed by atoms with E-state index < -0.39 is 0 Å². The molecule has 2 heterocycles. The second-order valence-electron chi connectivity index (χ2n) is 5.04. The van der Waals surface area contributed by atoms with Gasteiger partial charge in [-0.3, -0.25) is 0 Å². The summed E-state index contributed by atoms with van der Waals surface area (Å²) >= 11 is 0. The van der Waals surface area contributed by atoms with Gasteiger partial charge in [-0.1, -0.05) is 19.3 Å². The van der Waals surface area contributed by atoms with Crippen LogP contribution < -0.4 is 5.32 Å². The molecule has 1 saturated heterocycles. The van der Waals surface area contributed by atoms with Gasteiger partial charge >= 0.3 is 0 Å². The van der Waals surface area contributed by atoms with Crippen LogP contribution in [0.15, 0.2) is 6.33 Å². The second kappa shape index (κ2) is 4.53. The van der Waals surface area contributed by atoms with Crippen LogP contribution >= 0.6 is 0 Å². The van der Waals surface area contributed by atoms with Crippen LogP contribution in [0.25, 0.3) is 0 Å². The highest BCUT2D eigenvalue weighted by atomic mass is 15.3. The van der Waals surface area contributed by atoms with E-state index in [-0.39, 0.29) is 0 Å². The van der Waals surface area contributed by atoms with Crippen molar-refractivity contribution in [2.45, 2.75) is 57.0 Å². The molecule has 1 aromatic rings. The Morgan fingerprint density at radius 1 is 1.12 bits per heavy atom. The van der Waals surface area contributed by atoms with Crippen LogP contribution in [0.5, 0.6) is 0 Å². The number of hydrogen-bond acceptors (Lipinski definition) is 3. The zero-order valence-electron chi connectivity index (χ0n) is 9.73. The minimum absolute atomic E-state index is 0.442. The van der Waals surface area contributed by atoms with Gasteiger partial charge < -0.3 is 9.88 Å². The molecule has 0 radical (unpaired) electrons. The Hall–Kier alpha value is -0.900. The standard InChI is InChI=1S/C12H20N4/c1-2-6-10(5-1)16-9-14-15-12(16)11-7-3-4-8-13-11/h9-11,13H,1-8H2. The lowest BCUT2D eigenvalue weighted by molar-refractivity contribution is 0.370. The maximum absolute atomic E-state index is 4.33. The molecule has 16 heavy (non-hydrogen) atoms. The van der Waals surface area contributed by atoms with Crippen molar-refractivity contribution in [3.8, 4) is 0 Å². The van der Waals surface area contributed by atoms with Gasteiger partial charge in [-0.25, -0.2) is 0 Å². The molecule has 0 bridgehead atoms. The number of nitrogens with zero attached hydrogens (tertiary/aromatic N) is 3. The van der Waals surface area contributed by atoms with E-state index in [0.29, 0.717) is 12.1 Å². The summed E-state index contributed by atoms with van der Waals surface area (Å²) in [5, 5.41) is 12.0. The van der Waals surface area contributed by atoms with Crippen LogP contribution in [0.1, 0.15) is 62.9 Å². The van der Waals surface area contributed by atoms with E-state index in [9.17, 15) is 0 Å². The lowest BCUT2D eigenvalue weighted by Gasteiger charge is -2.24. The van der Waals surface area contributed by atoms with Crippen LogP contribution in [-0.4, -0.2) is 21.3 Å². The third kappa shape index (κ3) is 1.86. The molecule has 0 spiro atoms. The van der Waals surface area contributed by atoms with E-state index in [1.54, 1.807) is 0 Å². The van der Waals surface area contributed by atoms with Crippen LogP contribution in [0.3, 0.4) is 0 Å². The van der Waals surface area contributed by atoms with E-state index >= 15 is 0 Å². The number of aromatic nitrogens is 3. The Morgan fingerprint density at radius 3 is 2.69 bits per heavy atom. The fraction of sp³-hybridized carbons (Fsp3) is 0.833. The minimum atomic E-state index is 0.442. The normalized spacial score (nSPS) is 27.4. The first-order valence-corrected chi connectivity index (χ1v) is 6.58. The van der Waals surface area contributed by atoms with E-state index in [2.05, 4.69) is 20.1 Å². The Bertz CT molecular complexity index is 335. The molecular formula is C12H20N4. The number of hydrogen-bond donors (Lipinski definition) is 1. The summed E-state index contributed by atoms with van der Waals surface area (Å²) in [6.45, 7) is 1.13. The van der Waals surface area contributed by atoms with E-state index in [4.69, 9.17) is 0 Å². The maximum Gasteiger partial charge on any atom is 0.150 e. The molecule has 0 amide bonds. The molecule has 1 aliphatic carbocycles. The maximum atomic E-state index is 4.33. The third-order valence-corrected chi connectivity index (χ3v) is 3.94. The van der Waals surface area contributed by atoms with Crippen molar-refractivity contribution >= 4 is 0 Å². The van der Waals surface area contributed by atoms with Crippen molar-refractivity contribution in [2.75, 3.05) is 6.54 Å². The Morgan fingerprint density at radius 2 is 1.94 bits per heavy atom. The highest BCUT2D eigenvalue weighted by Crippen LogP contribution is 2.32. The van der Waals surface area contributed by atoms with Crippen molar-refractivity contribution in [1.29, 1.82) is 0 Å². The van der Waals surface area contributed by atoms with Crippen LogP contribution in [0.2, 0.25) is 0 Å². The number of piperidine rings is 1. The van der Waals surface area contributed by atoms with Crippen molar-refractivity contribution in [3.05, 3.63) is 12.2 Å². The van der Waals surface area contributed by atoms with Gasteiger partial charge in [-0.05, 0) is 32.2 Å². The first-order valence-electron chi connectivity index (χ1n) is 6.58. The molecule has 4 nitrogen and oxygen atoms in total. The monoisotopic (exact) mass is 220 g/mol. The molecule has 2 fully saturated rings. The highest BCUT2D eigenvalue weighted by Gasteiger charge is 2.25. The molecule has 1 saturated carbocycles. The zero-order chi connectivity index (χ0) is 10.8. The summed E-state index contributed by atoms with van der Waals surface area (Å²) in [5.41, 5.74) is 0. The van der Waals surface area contributed by atoms with Crippen LogP contribution in [-0.2, 0) is 0 Å². The summed E-state index contributed by atoms with van der Waals surface area (Å²) in [6, 6.07) is 1.10. The molecular weight excluding hydrogens is 200 g/mol. The Kier molecular flexibility index (Phi) is 2.91. The predicted octanol–water partition coefficient (Wildman–Crippen LogP) is 2.21. The van der Waals surface area contributed by atoms with Gasteiger partial charge in [0, 0.05) is 6.04 Å². The minimum Gasteiger partial charge on any atom is -0.313 e. The van der Waals surface area contributed by atoms with Crippen LogP contribution in [0.4, 0.5) is 0 Å². The first-order chi connectivity index (χ1) is 7.95. The third-order valence-electron chi connectivity index (χ3n) is 3.94. The van der Waals surface area contributed by atoms with Crippen molar-refractivity contribution in [2.24, 2.45) is 0 Å². The fourth-order valence-corrected chi connectivity index (χ4v) is 3.04. The van der Waals surface area contributed by atoms with Gasteiger partial charge in [0.15, 0.2) is 0 Å². The summed E-state index contributed by atoms with van der Waals surface area (Å²) < 4.78 is 2.33. The molecule has 3 rings (SSSR count). The molecule has 1 atom stereocenters. The average Bonchev–Trinajstić information content (AvgIpc) is 3.01. The molecule has 88 valence electrons. The highest BCUT2D eigenvalue weighted by molar-refractivity contribution is 4.99. The second-order valence-corrected chi connectivity index (χ2v) is 5.04. The number of rotatable bonds is 2. The lowest BCUT2D eigenvalue weighted by Crippen LogP contribution is -2.29. The SMILES string of the molecule is c1nnc(C2CCCCN2)n1C1CCCC1. The molecule has 1 N–H and O–H groups in total. The summed E-state index contributed by atoms with van der Waals surface area (Å²) in [5.74, 6) is 1.17. The van der Waals surface area contributed by atoms with Gasteiger partial charge in [0.1, 0.15) is 12.2 Å². The Balaban J connectivity index is 1.80. The summed E-state index contributed by atoms with van der Waals surface area (Å²) in [4.78, 5) is 0. The van der Waals surface area contributed by atoms with E-state index in [1.807, 2.05) is 6.33 Å². The molecule has 1 unspecified atom stereocenters. The first kappa shape index (κ1) is 10.3. The fourth-order valence-electron chi connectivity index (χ4n) is 3.04. The van der Waals surface area contributed by atoms with Crippen molar-refractivity contribution < 1.29 is 0 Å². The predicted molar refractivity (Wildman–Crippen MR) is 62.1 cm³/mol. The summed E-state index contributed by atoms with van der Waals surface area (Å²) in [6.07, 6.45) is 11.1. The molecule has 1 aromatic heterocycles. The topological polar surface area (TPSA) is 42.7 Å². The van der Waals surface area contributed by atoms with Crippen molar-refractivity contribution in [1.82, 2.24) is 20.1 Å². The van der Waals surface area contributed by atoms with E-state index in [0.717, 1.165) is 6.54 Å². The Labute approximate surface area is 96.4 Å². The molecule has 0 aromatic carbocycles. The van der Waals surface area contributed by atoms with Gasteiger partial charge in [-0.2, -0.15) is 0 Å². The van der Waals surface area contributed by atoms with Gasteiger partial charge in [0.05, 0.1) is 6.04 Å². The molecule has 2 aliphatic rings. The number of nitrogens with one attached hydrogen (secondary N) is 1.